The van der Waals surface area contributed by atoms with Crippen LogP contribution >= 0.6 is 0 Å². The zero-order valence-corrected chi connectivity index (χ0v) is 12.9. The normalized spacial score (nSPS) is 25.4. The van der Waals surface area contributed by atoms with Gasteiger partial charge in [0.15, 0.2) is 0 Å². The Morgan fingerprint density at radius 3 is 2.50 bits per heavy atom. The molecule has 2 aliphatic rings. The van der Waals surface area contributed by atoms with Gasteiger partial charge in [0.2, 0.25) is 5.91 Å². The highest BCUT2D eigenvalue weighted by Crippen LogP contribution is 2.22. The molecular weight excluding hydrogens is 282 g/mol. The molecule has 0 radical (unpaired) electrons. The highest BCUT2D eigenvalue weighted by atomic mass is 32.2. The Morgan fingerprint density at radius 1 is 1.25 bits per heavy atom. The third kappa shape index (κ3) is 3.49. The van der Waals surface area contributed by atoms with Crippen LogP contribution in [0.3, 0.4) is 0 Å². The highest BCUT2D eigenvalue weighted by molar-refractivity contribution is 7.87. The molecule has 0 aliphatic carbocycles. The van der Waals surface area contributed by atoms with Gasteiger partial charge >= 0.3 is 0 Å². The summed E-state index contributed by atoms with van der Waals surface area (Å²) < 4.78 is 33.6. The Morgan fingerprint density at radius 2 is 1.90 bits per heavy atom. The first kappa shape index (κ1) is 15.7. The Labute approximate surface area is 120 Å². The number of carbonyl (C=O) groups excluding carboxylic acids is 1. The molecule has 0 aromatic heterocycles. The molecule has 2 saturated heterocycles. The number of hydrogen-bond acceptors (Lipinski definition) is 4. The first-order valence-corrected chi connectivity index (χ1v) is 8.51. The van der Waals surface area contributed by atoms with Crippen LogP contribution in [0.2, 0.25) is 0 Å². The predicted molar refractivity (Wildman–Crippen MR) is 74.3 cm³/mol. The van der Waals surface area contributed by atoms with E-state index in [4.69, 9.17) is 4.74 Å². The van der Waals surface area contributed by atoms with Gasteiger partial charge in [0.1, 0.15) is 6.04 Å². The lowest BCUT2D eigenvalue weighted by Gasteiger charge is -2.32. The van der Waals surface area contributed by atoms with E-state index in [-0.39, 0.29) is 11.9 Å². The second-order valence-corrected chi connectivity index (χ2v) is 7.14. The predicted octanol–water partition coefficient (Wildman–Crippen LogP) is -0.448. The van der Waals surface area contributed by atoms with Crippen LogP contribution in [0.1, 0.15) is 26.7 Å². The van der Waals surface area contributed by atoms with Gasteiger partial charge in [-0.25, -0.2) is 0 Å². The summed E-state index contributed by atoms with van der Waals surface area (Å²) in [6.07, 6.45) is 1.31. The van der Waals surface area contributed by atoms with Gasteiger partial charge in [-0.1, -0.05) is 0 Å². The molecule has 8 heteroatoms. The van der Waals surface area contributed by atoms with Crippen LogP contribution in [0.4, 0.5) is 0 Å². The van der Waals surface area contributed by atoms with Gasteiger partial charge in [0.05, 0.1) is 13.2 Å². The minimum absolute atomic E-state index is 0.0973. The third-order valence-electron chi connectivity index (χ3n) is 3.50. The van der Waals surface area contributed by atoms with Crippen LogP contribution in [0.5, 0.6) is 0 Å². The molecule has 1 amide bonds. The summed E-state index contributed by atoms with van der Waals surface area (Å²) in [4.78, 5) is 14.2. The maximum Gasteiger partial charge on any atom is 0.280 e. The summed E-state index contributed by atoms with van der Waals surface area (Å²) in [7, 11) is -3.59. The van der Waals surface area contributed by atoms with E-state index >= 15 is 0 Å². The summed E-state index contributed by atoms with van der Waals surface area (Å²) >= 11 is 0. The van der Waals surface area contributed by atoms with Crippen molar-refractivity contribution in [2.75, 3.05) is 32.8 Å². The second kappa shape index (κ2) is 6.38. The van der Waals surface area contributed by atoms with Crippen LogP contribution in [-0.2, 0) is 19.7 Å². The topological polar surface area (TPSA) is 79.0 Å². The quantitative estimate of drug-likeness (QED) is 0.763. The third-order valence-corrected chi connectivity index (χ3v) is 5.33. The van der Waals surface area contributed by atoms with Crippen LogP contribution in [0, 0.1) is 0 Å². The van der Waals surface area contributed by atoms with E-state index in [0.717, 1.165) is 6.42 Å². The van der Waals surface area contributed by atoms with E-state index in [1.165, 1.54) is 4.31 Å². The first-order valence-electron chi connectivity index (χ1n) is 7.07. The van der Waals surface area contributed by atoms with Gasteiger partial charge in [-0.3, -0.25) is 4.79 Å². The van der Waals surface area contributed by atoms with Crippen molar-refractivity contribution < 1.29 is 17.9 Å². The number of morpholine rings is 1. The first-order chi connectivity index (χ1) is 9.42. The summed E-state index contributed by atoms with van der Waals surface area (Å²) in [6.45, 7) is 6.08. The molecule has 1 N–H and O–H groups in total. The van der Waals surface area contributed by atoms with Crippen molar-refractivity contribution >= 4 is 16.1 Å². The summed E-state index contributed by atoms with van der Waals surface area (Å²) in [5.74, 6) is -0.0973. The van der Waals surface area contributed by atoms with Crippen LogP contribution in [-0.4, -0.2) is 68.5 Å². The number of hydrogen-bond donors (Lipinski definition) is 1. The number of nitrogens with one attached hydrogen (secondary N) is 1. The van der Waals surface area contributed by atoms with E-state index in [9.17, 15) is 13.2 Å². The summed E-state index contributed by atoms with van der Waals surface area (Å²) in [5.41, 5.74) is 0. The Kier molecular flexibility index (Phi) is 5.00. The molecule has 0 aromatic carbocycles. The average molecular weight is 305 g/mol. The highest BCUT2D eigenvalue weighted by Gasteiger charge is 2.40. The van der Waals surface area contributed by atoms with Crippen molar-refractivity contribution in [2.45, 2.75) is 38.8 Å². The monoisotopic (exact) mass is 305 g/mol. The van der Waals surface area contributed by atoms with Crippen molar-refractivity contribution in [1.29, 1.82) is 0 Å². The van der Waals surface area contributed by atoms with Gasteiger partial charge in [-0.05, 0) is 26.7 Å². The molecule has 2 aliphatic heterocycles. The number of carbonyl (C=O) groups is 1. The molecular formula is C12H23N3O4S. The van der Waals surface area contributed by atoms with Crippen LogP contribution < -0.4 is 4.72 Å². The van der Waals surface area contributed by atoms with Gasteiger partial charge in [0.25, 0.3) is 10.2 Å². The smallest absolute Gasteiger partial charge is 0.280 e. The number of nitrogens with zero attached hydrogens (tertiary/aromatic N) is 2. The number of amides is 1. The molecule has 116 valence electrons. The molecule has 2 fully saturated rings. The van der Waals surface area contributed by atoms with Crippen molar-refractivity contribution in [2.24, 2.45) is 0 Å². The lowest BCUT2D eigenvalue weighted by Crippen LogP contribution is -2.53. The number of ether oxygens (including phenoxy) is 1. The largest absolute Gasteiger partial charge is 0.378 e. The van der Waals surface area contributed by atoms with Crippen molar-refractivity contribution in [3.63, 3.8) is 0 Å². The fraction of sp³-hybridized carbons (Fsp3) is 0.917. The summed E-state index contributed by atoms with van der Waals surface area (Å²) in [5, 5.41) is 0. The molecule has 7 nitrogen and oxygen atoms in total. The Balaban J connectivity index is 2.08. The van der Waals surface area contributed by atoms with Gasteiger partial charge in [-0.2, -0.15) is 17.4 Å². The molecule has 1 atom stereocenters. The SMILES string of the molecule is CC(C)NS(=O)(=O)N1CCCC1C(=O)N1CCOCC1. The fourth-order valence-electron chi connectivity index (χ4n) is 2.63. The van der Waals surface area contributed by atoms with E-state index < -0.39 is 16.3 Å². The molecule has 1 unspecified atom stereocenters. The van der Waals surface area contributed by atoms with E-state index in [1.807, 2.05) is 0 Å². The lowest BCUT2D eigenvalue weighted by atomic mass is 10.2. The van der Waals surface area contributed by atoms with Crippen molar-refractivity contribution in [3.8, 4) is 0 Å². The van der Waals surface area contributed by atoms with Crippen molar-refractivity contribution in [1.82, 2.24) is 13.9 Å². The molecule has 0 aromatic rings. The van der Waals surface area contributed by atoms with E-state index in [1.54, 1.807) is 18.7 Å². The summed E-state index contributed by atoms with van der Waals surface area (Å²) in [6, 6.07) is -0.746. The Hall–Kier alpha value is -0.700. The number of rotatable bonds is 4. The Bertz CT molecular complexity index is 446. The maximum atomic E-state index is 12.5. The molecule has 20 heavy (non-hydrogen) atoms. The molecule has 2 rings (SSSR count). The maximum absolute atomic E-state index is 12.5. The van der Waals surface area contributed by atoms with Crippen LogP contribution in [0.15, 0.2) is 0 Å². The molecule has 2 heterocycles. The second-order valence-electron chi connectivity index (χ2n) is 5.48. The van der Waals surface area contributed by atoms with Gasteiger partial charge in [-0.15, -0.1) is 0 Å². The zero-order valence-electron chi connectivity index (χ0n) is 12.0. The lowest BCUT2D eigenvalue weighted by molar-refractivity contribution is -0.138. The zero-order chi connectivity index (χ0) is 14.8. The minimum Gasteiger partial charge on any atom is -0.378 e. The van der Waals surface area contributed by atoms with E-state index in [0.29, 0.717) is 39.3 Å². The molecule has 0 bridgehead atoms. The fourth-order valence-corrected chi connectivity index (χ4v) is 4.27. The molecule has 0 spiro atoms. The molecule has 0 saturated carbocycles. The minimum atomic E-state index is -3.59. The van der Waals surface area contributed by atoms with E-state index in [2.05, 4.69) is 4.72 Å². The van der Waals surface area contributed by atoms with Crippen LogP contribution in [0.25, 0.3) is 0 Å². The average Bonchev–Trinajstić information content (AvgIpc) is 2.87. The standard InChI is InChI=1S/C12H23N3O4S/c1-10(2)13-20(17,18)15-5-3-4-11(15)12(16)14-6-8-19-9-7-14/h10-11,13H,3-9H2,1-2H3. The van der Waals surface area contributed by atoms with Crippen molar-refractivity contribution in [3.05, 3.63) is 0 Å². The van der Waals surface area contributed by atoms with Gasteiger partial charge in [0, 0.05) is 25.7 Å². The van der Waals surface area contributed by atoms with Gasteiger partial charge < -0.3 is 9.64 Å².